The molecule has 0 bridgehead atoms. The summed E-state index contributed by atoms with van der Waals surface area (Å²) in [6.45, 7) is 3.17. The maximum atomic E-state index is 13.9. The third-order valence-electron chi connectivity index (χ3n) is 6.25. The van der Waals surface area contributed by atoms with E-state index in [0.29, 0.717) is 22.5 Å². The number of sulfonamides is 1. The monoisotopic (exact) mass is 594 g/mol. The second-order valence-electron chi connectivity index (χ2n) is 9.60. The van der Waals surface area contributed by atoms with E-state index in [9.17, 15) is 26.4 Å². The Hall–Kier alpha value is -3.93. The molecule has 1 atom stereocenters. The Labute approximate surface area is 238 Å². The lowest BCUT2D eigenvalue weighted by Crippen LogP contribution is -2.42. The molecule has 1 N–H and O–H groups in total. The molecule has 41 heavy (non-hydrogen) atoms. The van der Waals surface area contributed by atoms with Gasteiger partial charge in [-0.05, 0) is 60.4 Å². The maximum Gasteiger partial charge on any atom is 0.416 e. The van der Waals surface area contributed by atoms with Gasteiger partial charge in [-0.3, -0.25) is 9.10 Å². The highest BCUT2D eigenvalue weighted by molar-refractivity contribution is 7.92. The topological polar surface area (TPSA) is 94.2 Å². The van der Waals surface area contributed by atoms with Gasteiger partial charge in [0, 0.05) is 6.07 Å². The van der Waals surface area contributed by atoms with Crippen LogP contribution in [0.4, 0.5) is 18.9 Å². The predicted molar refractivity (Wildman–Crippen MR) is 149 cm³/mol. The first-order valence-corrected chi connectivity index (χ1v) is 14.1. The highest BCUT2D eigenvalue weighted by Crippen LogP contribution is 2.35. The molecule has 3 aromatic rings. The fourth-order valence-corrected chi connectivity index (χ4v) is 5.64. The molecule has 0 spiro atoms. The Bertz CT molecular complexity index is 1440. The van der Waals surface area contributed by atoms with Gasteiger partial charge in [0.05, 0.1) is 43.5 Å². The summed E-state index contributed by atoms with van der Waals surface area (Å²) in [5, 5.41) is 2.86. The van der Waals surface area contributed by atoms with E-state index in [0.717, 1.165) is 17.7 Å². The fourth-order valence-electron chi connectivity index (χ4n) is 4.21. The lowest BCUT2D eigenvalue weighted by Gasteiger charge is -2.27. The van der Waals surface area contributed by atoms with Crippen LogP contribution in [-0.4, -0.2) is 42.2 Å². The predicted octanol–water partition coefficient (Wildman–Crippen LogP) is 5.83. The van der Waals surface area contributed by atoms with E-state index in [1.54, 1.807) is 24.3 Å². The van der Waals surface area contributed by atoms with Gasteiger partial charge in [0.25, 0.3) is 10.0 Å². The molecule has 0 fully saturated rings. The minimum absolute atomic E-state index is 0.0959. The van der Waals surface area contributed by atoms with Crippen molar-refractivity contribution in [2.24, 2.45) is 5.92 Å². The lowest BCUT2D eigenvalue weighted by atomic mass is 9.97. The van der Waals surface area contributed by atoms with Crippen LogP contribution in [0.1, 0.15) is 37.4 Å². The van der Waals surface area contributed by atoms with Crippen LogP contribution in [0.15, 0.2) is 71.6 Å². The maximum absolute atomic E-state index is 13.9. The SMILES string of the molecule is COc1ccc(C(CC(C)C)NC(=O)CN(c2cccc(C(F)(F)F)c2)S(=O)(=O)c2ccc(OC)c(OC)c2)cc1. The van der Waals surface area contributed by atoms with E-state index in [4.69, 9.17) is 14.2 Å². The first-order valence-electron chi connectivity index (χ1n) is 12.7. The van der Waals surface area contributed by atoms with Crippen molar-refractivity contribution in [2.45, 2.75) is 37.4 Å². The average Bonchev–Trinajstić information content (AvgIpc) is 2.94. The smallest absolute Gasteiger partial charge is 0.416 e. The number of alkyl halides is 3. The zero-order valence-electron chi connectivity index (χ0n) is 23.4. The van der Waals surface area contributed by atoms with Crippen molar-refractivity contribution in [3.63, 3.8) is 0 Å². The Morgan fingerprint density at radius 3 is 2.12 bits per heavy atom. The fraction of sp³-hybridized carbons (Fsp3) is 0.345. The Kier molecular flexibility index (Phi) is 10.1. The zero-order chi connectivity index (χ0) is 30.4. The largest absolute Gasteiger partial charge is 0.497 e. The van der Waals surface area contributed by atoms with Gasteiger partial charge in [0.2, 0.25) is 5.91 Å². The van der Waals surface area contributed by atoms with Crippen molar-refractivity contribution < 1.29 is 40.6 Å². The molecule has 1 amide bonds. The van der Waals surface area contributed by atoms with E-state index in [1.807, 2.05) is 13.8 Å². The van der Waals surface area contributed by atoms with E-state index < -0.39 is 40.3 Å². The van der Waals surface area contributed by atoms with Crippen molar-refractivity contribution in [1.29, 1.82) is 0 Å². The van der Waals surface area contributed by atoms with Gasteiger partial charge >= 0.3 is 6.18 Å². The number of benzene rings is 3. The molecule has 0 aliphatic rings. The summed E-state index contributed by atoms with van der Waals surface area (Å²) in [6, 6.07) is 14.2. The third kappa shape index (κ3) is 7.84. The van der Waals surface area contributed by atoms with Crippen LogP contribution in [0.3, 0.4) is 0 Å². The molecular formula is C29H33F3N2O6S. The number of methoxy groups -OCH3 is 3. The summed E-state index contributed by atoms with van der Waals surface area (Å²) in [7, 11) is -0.321. The van der Waals surface area contributed by atoms with Crippen LogP contribution in [0.2, 0.25) is 0 Å². The molecule has 0 aliphatic carbocycles. The standard InChI is InChI=1S/C29H33F3N2O6S/c1-19(2)15-25(20-9-11-23(38-3)12-10-20)33-28(35)18-34(22-8-6-7-21(16-22)29(30,31)32)41(36,37)24-13-14-26(39-4)27(17-24)40-5/h6-14,16-17,19,25H,15,18H2,1-5H3,(H,33,35). The number of carbonyl (C=O) groups is 1. The van der Waals surface area contributed by atoms with Crippen LogP contribution in [-0.2, 0) is 21.0 Å². The van der Waals surface area contributed by atoms with Crippen LogP contribution in [0, 0.1) is 5.92 Å². The van der Waals surface area contributed by atoms with E-state index in [2.05, 4.69) is 5.32 Å². The number of nitrogens with zero attached hydrogens (tertiary/aromatic N) is 1. The molecule has 0 saturated carbocycles. The number of rotatable bonds is 12. The molecule has 0 saturated heterocycles. The first-order chi connectivity index (χ1) is 19.3. The Balaban J connectivity index is 2.04. The first kappa shape index (κ1) is 31.6. The van der Waals surface area contributed by atoms with Gasteiger partial charge in [0.1, 0.15) is 12.3 Å². The summed E-state index contributed by atoms with van der Waals surface area (Å²) >= 11 is 0. The van der Waals surface area contributed by atoms with Crippen LogP contribution in [0.25, 0.3) is 0 Å². The zero-order valence-corrected chi connectivity index (χ0v) is 24.2. The number of hydrogen-bond acceptors (Lipinski definition) is 6. The molecule has 8 nitrogen and oxygen atoms in total. The summed E-state index contributed by atoms with van der Waals surface area (Å²) in [6.07, 6.45) is -4.20. The van der Waals surface area contributed by atoms with Crippen LogP contribution >= 0.6 is 0 Å². The van der Waals surface area contributed by atoms with E-state index >= 15 is 0 Å². The molecule has 1 unspecified atom stereocenters. The van der Waals surface area contributed by atoms with E-state index in [-0.39, 0.29) is 28.0 Å². The van der Waals surface area contributed by atoms with Crippen molar-refractivity contribution in [1.82, 2.24) is 5.32 Å². The van der Waals surface area contributed by atoms with Crippen molar-refractivity contribution in [3.8, 4) is 17.2 Å². The third-order valence-corrected chi connectivity index (χ3v) is 8.02. The molecular weight excluding hydrogens is 561 g/mol. The highest BCUT2D eigenvalue weighted by atomic mass is 32.2. The molecule has 222 valence electrons. The van der Waals surface area contributed by atoms with Gasteiger partial charge in [-0.15, -0.1) is 0 Å². The highest BCUT2D eigenvalue weighted by Gasteiger charge is 2.34. The summed E-state index contributed by atoms with van der Waals surface area (Å²) < 4.78 is 84.6. The Morgan fingerprint density at radius 2 is 1.56 bits per heavy atom. The van der Waals surface area contributed by atoms with Gasteiger partial charge in [-0.2, -0.15) is 13.2 Å². The number of ether oxygens (including phenoxy) is 3. The average molecular weight is 595 g/mol. The number of nitrogens with one attached hydrogen (secondary N) is 1. The van der Waals surface area contributed by atoms with Crippen molar-refractivity contribution >= 4 is 21.6 Å². The number of amides is 1. The lowest BCUT2D eigenvalue weighted by molar-refractivity contribution is -0.137. The summed E-state index contributed by atoms with van der Waals surface area (Å²) in [5.41, 5.74) is -0.616. The minimum atomic E-state index is -4.73. The molecule has 0 aliphatic heterocycles. The molecule has 0 radical (unpaired) electrons. The minimum Gasteiger partial charge on any atom is -0.497 e. The van der Waals surface area contributed by atoms with Gasteiger partial charge < -0.3 is 19.5 Å². The second-order valence-corrected chi connectivity index (χ2v) is 11.5. The number of carbonyl (C=O) groups excluding carboxylic acids is 1. The molecule has 3 aromatic carbocycles. The number of anilines is 1. The quantitative estimate of drug-likeness (QED) is 0.284. The molecule has 3 rings (SSSR count). The van der Waals surface area contributed by atoms with Crippen molar-refractivity contribution in [2.75, 3.05) is 32.2 Å². The van der Waals surface area contributed by atoms with Crippen LogP contribution < -0.4 is 23.8 Å². The Morgan fingerprint density at radius 1 is 0.902 bits per heavy atom. The molecule has 0 heterocycles. The molecule has 0 aromatic heterocycles. The second kappa shape index (κ2) is 13.2. The van der Waals surface area contributed by atoms with Gasteiger partial charge in [-0.25, -0.2) is 8.42 Å². The number of hydrogen-bond donors (Lipinski definition) is 1. The summed E-state index contributed by atoms with van der Waals surface area (Å²) in [4.78, 5) is 13.1. The van der Waals surface area contributed by atoms with E-state index in [1.165, 1.54) is 45.6 Å². The van der Waals surface area contributed by atoms with Gasteiger partial charge in [-0.1, -0.05) is 32.0 Å². The van der Waals surface area contributed by atoms with Crippen molar-refractivity contribution in [3.05, 3.63) is 77.9 Å². The van der Waals surface area contributed by atoms with Crippen LogP contribution in [0.5, 0.6) is 17.2 Å². The molecule has 12 heteroatoms. The number of halogens is 3. The van der Waals surface area contributed by atoms with Gasteiger partial charge in [0.15, 0.2) is 11.5 Å². The summed E-state index contributed by atoms with van der Waals surface area (Å²) in [5.74, 6) is 0.440. The normalized spacial score (nSPS) is 12.5.